The zero-order chi connectivity index (χ0) is 8.11. The van der Waals surface area contributed by atoms with Gasteiger partial charge in [0, 0.05) is 5.41 Å². The molecule has 0 spiro atoms. The smallest absolute Gasteiger partial charge is 0.0913 e. The van der Waals surface area contributed by atoms with E-state index < -0.39 is 5.60 Å². The van der Waals surface area contributed by atoms with Crippen LogP contribution in [-0.4, -0.2) is 10.7 Å². The second-order valence-corrected chi connectivity index (χ2v) is 4.27. The SMILES string of the molecule is C/C=C1\C[C@@]2(C)CCC[C@@]12O. The van der Waals surface area contributed by atoms with Gasteiger partial charge in [0.2, 0.25) is 0 Å². The molecule has 0 radical (unpaired) electrons. The van der Waals surface area contributed by atoms with Crippen molar-refractivity contribution in [3.8, 4) is 0 Å². The molecule has 0 aromatic rings. The minimum atomic E-state index is -0.401. The Morgan fingerprint density at radius 2 is 2.18 bits per heavy atom. The number of hydrogen-bond acceptors (Lipinski definition) is 1. The van der Waals surface area contributed by atoms with Crippen molar-refractivity contribution in [2.45, 2.75) is 45.1 Å². The van der Waals surface area contributed by atoms with Gasteiger partial charge in [0.1, 0.15) is 0 Å². The summed E-state index contributed by atoms with van der Waals surface area (Å²) in [6.45, 7) is 4.25. The molecule has 0 amide bonds. The van der Waals surface area contributed by atoms with Gasteiger partial charge in [-0.3, -0.25) is 0 Å². The van der Waals surface area contributed by atoms with E-state index in [1.807, 2.05) is 6.92 Å². The molecular weight excluding hydrogens is 136 g/mol. The fourth-order valence-corrected chi connectivity index (χ4v) is 2.83. The van der Waals surface area contributed by atoms with E-state index in [0.717, 1.165) is 12.8 Å². The zero-order valence-electron chi connectivity index (χ0n) is 7.35. The fourth-order valence-electron chi connectivity index (χ4n) is 2.83. The lowest BCUT2D eigenvalue weighted by atomic mass is 9.56. The largest absolute Gasteiger partial charge is 0.385 e. The summed E-state index contributed by atoms with van der Waals surface area (Å²) in [5.41, 5.74) is 1.11. The van der Waals surface area contributed by atoms with E-state index in [9.17, 15) is 5.11 Å². The molecule has 0 aromatic carbocycles. The van der Waals surface area contributed by atoms with Crippen LogP contribution in [-0.2, 0) is 0 Å². The van der Waals surface area contributed by atoms with Crippen molar-refractivity contribution in [1.29, 1.82) is 0 Å². The highest BCUT2D eigenvalue weighted by atomic mass is 16.3. The summed E-state index contributed by atoms with van der Waals surface area (Å²) >= 11 is 0. The Balaban J connectivity index is 2.33. The van der Waals surface area contributed by atoms with Gasteiger partial charge in [-0.15, -0.1) is 0 Å². The lowest BCUT2D eigenvalue weighted by Crippen LogP contribution is -2.53. The molecule has 2 fully saturated rings. The molecule has 0 heterocycles. The Bertz CT molecular complexity index is 219. The molecule has 1 heteroatoms. The molecule has 11 heavy (non-hydrogen) atoms. The van der Waals surface area contributed by atoms with Crippen LogP contribution in [0.25, 0.3) is 0 Å². The predicted octanol–water partition coefficient (Wildman–Crippen LogP) is 2.26. The van der Waals surface area contributed by atoms with Crippen LogP contribution in [0.5, 0.6) is 0 Å². The third-order valence-corrected chi connectivity index (χ3v) is 3.73. The maximum absolute atomic E-state index is 10.2. The van der Waals surface area contributed by atoms with Crippen LogP contribution in [0.1, 0.15) is 39.5 Å². The standard InChI is InChI=1S/C10H16O/c1-3-8-7-9(2)5-4-6-10(8,9)11/h3,11H,4-7H2,1-2H3/b8-3+/t9-,10-/m1/s1. The summed E-state index contributed by atoms with van der Waals surface area (Å²) in [7, 11) is 0. The summed E-state index contributed by atoms with van der Waals surface area (Å²) in [6, 6.07) is 0. The molecule has 0 bridgehead atoms. The normalized spacial score (nSPS) is 52.5. The maximum atomic E-state index is 10.2. The van der Waals surface area contributed by atoms with Crippen molar-refractivity contribution in [3.63, 3.8) is 0 Å². The lowest BCUT2D eigenvalue weighted by Gasteiger charge is -2.52. The number of rotatable bonds is 0. The van der Waals surface area contributed by atoms with E-state index in [1.54, 1.807) is 0 Å². The number of fused-ring (bicyclic) bond motifs is 1. The summed E-state index contributed by atoms with van der Waals surface area (Å²) in [5, 5.41) is 10.2. The Morgan fingerprint density at radius 3 is 2.73 bits per heavy atom. The van der Waals surface area contributed by atoms with Crippen LogP contribution < -0.4 is 0 Å². The molecule has 0 unspecified atom stereocenters. The van der Waals surface area contributed by atoms with Gasteiger partial charge in [0.25, 0.3) is 0 Å². The molecule has 2 saturated carbocycles. The van der Waals surface area contributed by atoms with Crippen molar-refractivity contribution >= 4 is 0 Å². The first kappa shape index (κ1) is 7.35. The van der Waals surface area contributed by atoms with Crippen LogP contribution in [0.2, 0.25) is 0 Å². The van der Waals surface area contributed by atoms with E-state index in [2.05, 4.69) is 13.0 Å². The Hall–Kier alpha value is -0.300. The highest BCUT2D eigenvalue weighted by molar-refractivity contribution is 5.35. The molecule has 0 aromatic heterocycles. The van der Waals surface area contributed by atoms with E-state index in [1.165, 1.54) is 18.4 Å². The van der Waals surface area contributed by atoms with Crippen LogP contribution >= 0.6 is 0 Å². The molecule has 2 aliphatic carbocycles. The van der Waals surface area contributed by atoms with Crippen molar-refractivity contribution in [3.05, 3.63) is 11.6 Å². The molecule has 2 aliphatic rings. The fraction of sp³-hybridized carbons (Fsp3) is 0.800. The summed E-state index contributed by atoms with van der Waals surface area (Å²) in [6.07, 6.45) is 6.61. The topological polar surface area (TPSA) is 20.2 Å². The average Bonchev–Trinajstić information content (AvgIpc) is 2.17. The first-order chi connectivity index (χ1) is 5.12. The molecule has 1 N–H and O–H groups in total. The van der Waals surface area contributed by atoms with Gasteiger partial charge < -0.3 is 5.11 Å². The van der Waals surface area contributed by atoms with Gasteiger partial charge in [-0.25, -0.2) is 0 Å². The van der Waals surface area contributed by atoms with Crippen molar-refractivity contribution in [2.24, 2.45) is 5.41 Å². The zero-order valence-corrected chi connectivity index (χ0v) is 7.35. The highest BCUT2D eigenvalue weighted by Gasteiger charge is 2.60. The van der Waals surface area contributed by atoms with Gasteiger partial charge in [-0.2, -0.15) is 0 Å². The lowest BCUT2D eigenvalue weighted by molar-refractivity contribution is -0.0754. The third kappa shape index (κ3) is 0.652. The molecule has 2 atom stereocenters. The van der Waals surface area contributed by atoms with Crippen molar-refractivity contribution in [2.75, 3.05) is 0 Å². The number of aliphatic hydroxyl groups is 1. The summed E-state index contributed by atoms with van der Waals surface area (Å²) in [5.74, 6) is 0. The quantitative estimate of drug-likeness (QED) is 0.528. The van der Waals surface area contributed by atoms with Gasteiger partial charge in [0.05, 0.1) is 5.60 Å². The minimum absolute atomic E-state index is 0.231. The van der Waals surface area contributed by atoms with E-state index in [4.69, 9.17) is 0 Å². The average molecular weight is 152 g/mol. The van der Waals surface area contributed by atoms with Crippen LogP contribution in [0.4, 0.5) is 0 Å². The van der Waals surface area contributed by atoms with Gasteiger partial charge in [0.15, 0.2) is 0 Å². The molecule has 0 saturated heterocycles. The van der Waals surface area contributed by atoms with Gasteiger partial charge in [-0.1, -0.05) is 13.0 Å². The molecule has 2 rings (SSSR count). The first-order valence-corrected chi connectivity index (χ1v) is 4.50. The highest BCUT2D eigenvalue weighted by Crippen LogP contribution is 2.62. The molecular formula is C10H16O. The van der Waals surface area contributed by atoms with E-state index in [-0.39, 0.29) is 5.41 Å². The number of allylic oxidation sites excluding steroid dienone is 1. The predicted molar refractivity (Wildman–Crippen MR) is 45.3 cm³/mol. The molecule has 1 nitrogen and oxygen atoms in total. The Kier molecular flexibility index (Phi) is 1.26. The number of hydrogen-bond donors (Lipinski definition) is 1. The monoisotopic (exact) mass is 152 g/mol. The van der Waals surface area contributed by atoms with E-state index >= 15 is 0 Å². The van der Waals surface area contributed by atoms with Gasteiger partial charge in [-0.05, 0) is 38.2 Å². The Morgan fingerprint density at radius 1 is 1.45 bits per heavy atom. The van der Waals surface area contributed by atoms with Crippen molar-refractivity contribution < 1.29 is 5.11 Å². The van der Waals surface area contributed by atoms with Crippen LogP contribution in [0.3, 0.4) is 0 Å². The second-order valence-electron chi connectivity index (χ2n) is 4.27. The molecule has 0 aliphatic heterocycles. The van der Waals surface area contributed by atoms with Gasteiger partial charge >= 0.3 is 0 Å². The van der Waals surface area contributed by atoms with Crippen LogP contribution in [0, 0.1) is 5.41 Å². The van der Waals surface area contributed by atoms with Crippen molar-refractivity contribution in [1.82, 2.24) is 0 Å². The summed E-state index contributed by atoms with van der Waals surface area (Å²) < 4.78 is 0. The third-order valence-electron chi connectivity index (χ3n) is 3.73. The maximum Gasteiger partial charge on any atom is 0.0913 e. The van der Waals surface area contributed by atoms with E-state index in [0.29, 0.717) is 0 Å². The van der Waals surface area contributed by atoms with Crippen LogP contribution in [0.15, 0.2) is 11.6 Å². The second kappa shape index (κ2) is 1.89. The molecule has 62 valence electrons. The first-order valence-electron chi connectivity index (χ1n) is 4.50. The summed E-state index contributed by atoms with van der Waals surface area (Å²) in [4.78, 5) is 0. The Labute approximate surface area is 68.1 Å². The minimum Gasteiger partial charge on any atom is -0.385 e.